The molecule has 0 fully saturated rings. The molecule has 0 saturated carbocycles. The molecule has 2 heteroatoms. The summed E-state index contributed by atoms with van der Waals surface area (Å²) in [6.45, 7) is 11.8. The quantitative estimate of drug-likeness (QED) is 0.806. The van der Waals surface area contributed by atoms with Gasteiger partial charge in [-0.05, 0) is 50.6 Å². The molecule has 1 aromatic heterocycles. The van der Waals surface area contributed by atoms with Gasteiger partial charge in [-0.3, -0.25) is 0 Å². The van der Waals surface area contributed by atoms with E-state index >= 15 is 0 Å². The second kappa shape index (κ2) is 10.6. The van der Waals surface area contributed by atoms with Crippen molar-refractivity contribution in [2.45, 2.75) is 27.2 Å². The lowest BCUT2D eigenvalue weighted by atomic mass is 10.1. The Kier molecular flexibility index (Phi) is 8.70. The maximum absolute atomic E-state index is 3.51. The molecule has 2 N–H and O–H groups in total. The largest absolute Gasteiger partial charge is 0.361 e. The van der Waals surface area contributed by atoms with Gasteiger partial charge in [0.25, 0.3) is 0 Å². The summed E-state index contributed by atoms with van der Waals surface area (Å²) < 4.78 is 0. The molecule has 0 atom stereocenters. The first-order valence-corrected chi connectivity index (χ1v) is 7.81. The van der Waals surface area contributed by atoms with Gasteiger partial charge in [0.05, 0.1) is 0 Å². The minimum atomic E-state index is 0.967. The van der Waals surface area contributed by atoms with Gasteiger partial charge in [0.15, 0.2) is 0 Å². The molecule has 0 saturated heterocycles. The minimum absolute atomic E-state index is 0.967. The van der Waals surface area contributed by atoms with Crippen molar-refractivity contribution in [2.75, 3.05) is 13.1 Å². The summed E-state index contributed by atoms with van der Waals surface area (Å²) in [6.07, 6.45) is 17.2. The van der Waals surface area contributed by atoms with E-state index in [0.717, 1.165) is 19.5 Å². The van der Waals surface area contributed by atoms with E-state index in [4.69, 9.17) is 0 Å². The highest BCUT2D eigenvalue weighted by Gasteiger charge is 1.97. The highest BCUT2D eigenvalue weighted by molar-refractivity contribution is 5.49. The molecule has 0 radical (unpaired) electrons. The molecule has 0 amide bonds. The van der Waals surface area contributed by atoms with Crippen LogP contribution in [0, 0.1) is 0 Å². The van der Waals surface area contributed by atoms with Gasteiger partial charge in [0.2, 0.25) is 0 Å². The molecular formula is C20H28N2. The Labute approximate surface area is 134 Å². The highest BCUT2D eigenvalue weighted by atomic mass is 14.8. The van der Waals surface area contributed by atoms with Crippen LogP contribution in [0.3, 0.4) is 0 Å². The predicted molar refractivity (Wildman–Crippen MR) is 99.0 cm³/mol. The second-order valence-corrected chi connectivity index (χ2v) is 5.29. The number of aromatic nitrogens is 1. The molecule has 0 aromatic carbocycles. The molecule has 2 heterocycles. The average Bonchev–Trinajstić information content (AvgIpc) is 2.96. The lowest BCUT2D eigenvalue weighted by molar-refractivity contribution is 0.757. The minimum Gasteiger partial charge on any atom is -0.361 e. The van der Waals surface area contributed by atoms with Gasteiger partial charge in [-0.1, -0.05) is 54.7 Å². The summed E-state index contributed by atoms with van der Waals surface area (Å²) >= 11 is 0. The third-order valence-corrected chi connectivity index (χ3v) is 3.32. The third kappa shape index (κ3) is 6.59. The topological polar surface area (TPSA) is 27.8 Å². The zero-order valence-electron chi connectivity index (χ0n) is 14.0. The van der Waals surface area contributed by atoms with Crippen LogP contribution in [0.4, 0.5) is 0 Å². The van der Waals surface area contributed by atoms with Crippen LogP contribution in [0.2, 0.25) is 0 Å². The Balaban J connectivity index is 0.000000295. The highest BCUT2D eigenvalue weighted by Crippen LogP contribution is 1.97. The van der Waals surface area contributed by atoms with Crippen molar-refractivity contribution < 1.29 is 0 Å². The fourth-order valence-corrected chi connectivity index (χ4v) is 2.20. The molecule has 1 aliphatic heterocycles. The number of allylic oxidation sites excluding steroid dienone is 6. The Morgan fingerprint density at radius 1 is 1.18 bits per heavy atom. The van der Waals surface area contributed by atoms with Crippen LogP contribution in [0.5, 0.6) is 0 Å². The Bertz CT molecular complexity index is 654. The number of aromatic amines is 1. The van der Waals surface area contributed by atoms with Crippen molar-refractivity contribution >= 4 is 11.6 Å². The van der Waals surface area contributed by atoms with E-state index < -0.39 is 0 Å². The Morgan fingerprint density at radius 2 is 2.00 bits per heavy atom. The maximum atomic E-state index is 3.51. The van der Waals surface area contributed by atoms with Gasteiger partial charge in [0, 0.05) is 18.1 Å². The fraction of sp³-hybridized carbons (Fsp3) is 0.300. The first kappa shape index (κ1) is 18.0. The summed E-state index contributed by atoms with van der Waals surface area (Å²) in [5.74, 6) is 0. The van der Waals surface area contributed by atoms with Crippen LogP contribution in [0.25, 0.3) is 11.6 Å². The number of rotatable bonds is 2. The van der Waals surface area contributed by atoms with Crippen molar-refractivity contribution in [3.8, 4) is 0 Å². The third-order valence-electron chi connectivity index (χ3n) is 3.32. The van der Waals surface area contributed by atoms with Crippen LogP contribution >= 0.6 is 0 Å². The van der Waals surface area contributed by atoms with Crippen LogP contribution in [-0.2, 0) is 0 Å². The van der Waals surface area contributed by atoms with Gasteiger partial charge in [-0.2, -0.15) is 0 Å². The Hall–Kier alpha value is -2.06. The van der Waals surface area contributed by atoms with Gasteiger partial charge >= 0.3 is 0 Å². The predicted octanol–water partition coefficient (Wildman–Crippen LogP) is 3.21. The number of H-pyrrole nitrogens is 1. The van der Waals surface area contributed by atoms with E-state index in [-0.39, 0.29) is 0 Å². The van der Waals surface area contributed by atoms with Crippen LogP contribution in [0.15, 0.2) is 60.9 Å². The van der Waals surface area contributed by atoms with Crippen LogP contribution in [-0.4, -0.2) is 18.1 Å². The second-order valence-electron chi connectivity index (χ2n) is 5.29. The number of hydrogen-bond donors (Lipinski definition) is 2. The fourth-order valence-electron chi connectivity index (χ4n) is 2.20. The van der Waals surface area contributed by atoms with E-state index in [2.05, 4.69) is 48.9 Å². The van der Waals surface area contributed by atoms with E-state index in [1.165, 1.54) is 21.7 Å². The molecule has 2 rings (SSSR count). The zero-order chi connectivity index (χ0) is 16.2. The summed E-state index contributed by atoms with van der Waals surface area (Å²) in [7, 11) is 0. The Morgan fingerprint density at radius 3 is 2.73 bits per heavy atom. The maximum Gasteiger partial charge on any atom is 0.0455 e. The van der Waals surface area contributed by atoms with Gasteiger partial charge < -0.3 is 10.3 Å². The summed E-state index contributed by atoms with van der Waals surface area (Å²) in [5.41, 5.74) is 2.72. The van der Waals surface area contributed by atoms with Crippen molar-refractivity contribution in [3.05, 3.63) is 71.4 Å². The summed E-state index contributed by atoms with van der Waals surface area (Å²) in [5, 5.41) is 6.00. The van der Waals surface area contributed by atoms with E-state index in [9.17, 15) is 0 Å². The van der Waals surface area contributed by atoms with E-state index in [1.54, 1.807) is 6.08 Å². The first-order chi connectivity index (χ1) is 10.7. The summed E-state index contributed by atoms with van der Waals surface area (Å²) in [4.78, 5) is 3.31. The SMILES string of the molecule is C/C1=c2/[nH]cc/c2=C/C(C)=C/CCNC1.C=C/C=C\C=C/C. The molecule has 0 spiro atoms. The lowest BCUT2D eigenvalue weighted by Gasteiger charge is -2.04. The molecule has 0 aliphatic carbocycles. The first-order valence-electron chi connectivity index (χ1n) is 7.81. The molecule has 2 nitrogen and oxygen atoms in total. The van der Waals surface area contributed by atoms with Gasteiger partial charge in [-0.25, -0.2) is 0 Å². The number of fused-ring (bicyclic) bond motifs is 1. The normalized spacial score (nSPS) is 22.0. The number of hydrogen-bond acceptors (Lipinski definition) is 1. The standard InChI is InChI=1S/C13H18N2.C7H10/c1-10-4-3-6-14-9-11(2)13-12(8-10)5-7-15-13;1-3-5-7-6-4-2/h4-5,7-8,14-15H,3,6,9H2,1-2H3;3-7H,1H2,2H3/b10-4+,12-8-,13-11-;6-4-,7-5-. The molecule has 1 aromatic rings. The van der Waals surface area contributed by atoms with Crippen LogP contribution < -0.4 is 15.9 Å². The van der Waals surface area contributed by atoms with Crippen molar-refractivity contribution in [1.82, 2.24) is 10.3 Å². The summed E-state index contributed by atoms with van der Waals surface area (Å²) in [6, 6.07) is 2.14. The molecule has 0 unspecified atom stereocenters. The molecule has 1 aliphatic rings. The monoisotopic (exact) mass is 296 g/mol. The van der Waals surface area contributed by atoms with E-state index in [1.807, 2.05) is 37.4 Å². The lowest BCUT2D eigenvalue weighted by Crippen LogP contribution is -2.30. The van der Waals surface area contributed by atoms with Gasteiger partial charge in [-0.15, -0.1) is 0 Å². The molecule has 118 valence electrons. The smallest absolute Gasteiger partial charge is 0.0455 e. The molecule has 0 bridgehead atoms. The van der Waals surface area contributed by atoms with Crippen molar-refractivity contribution in [2.24, 2.45) is 0 Å². The zero-order valence-corrected chi connectivity index (χ0v) is 14.0. The van der Waals surface area contributed by atoms with Crippen LogP contribution in [0.1, 0.15) is 27.2 Å². The number of nitrogens with one attached hydrogen (secondary N) is 2. The van der Waals surface area contributed by atoms with Gasteiger partial charge in [0.1, 0.15) is 0 Å². The van der Waals surface area contributed by atoms with E-state index in [0.29, 0.717) is 0 Å². The van der Waals surface area contributed by atoms with Crippen molar-refractivity contribution in [3.63, 3.8) is 0 Å². The average molecular weight is 296 g/mol. The van der Waals surface area contributed by atoms with Crippen molar-refractivity contribution in [1.29, 1.82) is 0 Å². The molecular weight excluding hydrogens is 268 g/mol. The molecule has 22 heavy (non-hydrogen) atoms.